The van der Waals surface area contributed by atoms with Crippen LogP contribution in [0.15, 0.2) is 48.5 Å². The molecular formula is C23H22N2O3. The Morgan fingerprint density at radius 2 is 1.54 bits per heavy atom. The molecule has 28 heavy (non-hydrogen) atoms. The molecule has 5 nitrogen and oxygen atoms in total. The lowest BCUT2D eigenvalue weighted by Gasteiger charge is -2.56. The van der Waals surface area contributed by atoms with E-state index < -0.39 is 17.3 Å². The minimum absolute atomic E-state index is 0.122. The van der Waals surface area contributed by atoms with Gasteiger partial charge in [-0.3, -0.25) is 19.3 Å². The molecule has 4 aliphatic rings. The number of hydrogen-bond donors (Lipinski definition) is 1. The van der Waals surface area contributed by atoms with Crippen molar-refractivity contribution in [2.45, 2.75) is 31.2 Å². The van der Waals surface area contributed by atoms with Crippen LogP contribution in [0.5, 0.6) is 0 Å². The van der Waals surface area contributed by atoms with Gasteiger partial charge in [-0.25, -0.2) is 0 Å². The zero-order valence-electron chi connectivity index (χ0n) is 16.1. The van der Waals surface area contributed by atoms with Gasteiger partial charge in [0.05, 0.1) is 17.3 Å². The Labute approximate surface area is 163 Å². The minimum atomic E-state index is -0.768. The molecule has 3 amide bonds. The standard InChI is InChI=1S/C23H22N2O3/c1-12(24-13(2)26)23-16-10-6-4-8-14(16)18(15-9-5-7-11-17(15)23)19-20(23)22(28)25(3)21(19)27/h4-12,18-20H,1-3H3,(H,24,26)/t12?,18?,19-,20+,23?/m1/s1. The molecule has 2 aromatic rings. The summed E-state index contributed by atoms with van der Waals surface area (Å²) >= 11 is 0. The summed E-state index contributed by atoms with van der Waals surface area (Å²) < 4.78 is 0. The van der Waals surface area contributed by atoms with Gasteiger partial charge in [-0.05, 0) is 29.2 Å². The topological polar surface area (TPSA) is 66.5 Å². The van der Waals surface area contributed by atoms with Crippen LogP contribution in [0, 0.1) is 11.8 Å². The van der Waals surface area contributed by atoms with Gasteiger partial charge in [0.1, 0.15) is 0 Å². The zero-order valence-corrected chi connectivity index (χ0v) is 16.1. The van der Waals surface area contributed by atoms with Crippen molar-refractivity contribution >= 4 is 17.7 Å². The average molecular weight is 374 g/mol. The first-order valence-corrected chi connectivity index (χ1v) is 9.68. The van der Waals surface area contributed by atoms with Crippen LogP contribution in [-0.2, 0) is 19.8 Å². The van der Waals surface area contributed by atoms with Crippen molar-refractivity contribution < 1.29 is 14.4 Å². The van der Waals surface area contributed by atoms with E-state index in [0.29, 0.717) is 0 Å². The van der Waals surface area contributed by atoms with Gasteiger partial charge < -0.3 is 5.32 Å². The third-order valence-electron chi connectivity index (χ3n) is 7.01. The van der Waals surface area contributed by atoms with Crippen LogP contribution in [0.1, 0.15) is 42.0 Å². The lowest BCUT2D eigenvalue weighted by atomic mass is 9.45. The van der Waals surface area contributed by atoms with E-state index in [0.717, 1.165) is 22.3 Å². The molecule has 0 saturated carbocycles. The van der Waals surface area contributed by atoms with Crippen molar-refractivity contribution in [2.24, 2.45) is 11.8 Å². The van der Waals surface area contributed by atoms with Gasteiger partial charge in [0, 0.05) is 25.9 Å². The maximum atomic E-state index is 13.3. The number of carbonyl (C=O) groups is 3. The first-order valence-electron chi connectivity index (χ1n) is 9.68. The molecule has 0 aromatic heterocycles. The summed E-state index contributed by atoms with van der Waals surface area (Å²) in [6.07, 6.45) is 0. The molecule has 2 bridgehead atoms. The molecule has 1 aliphatic heterocycles. The summed E-state index contributed by atoms with van der Waals surface area (Å²) in [5.41, 5.74) is 3.53. The fraction of sp³-hybridized carbons (Fsp3) is 0.348. The zero-order chi connectivity index (χ0) is 19.8. The number of nitrogens with one attached hydrogen (secondary N) is 1. The molecule has 0 radical (unpaired) electrons. The number of likely N-dealkylation sites (tertiary alicyclic amines) is 1. The molecule has 0 spiro atoms. The summed E-state index contributed by atoms with van der Waals surface area (Å²) in [5.74, 6) is -1.50. The molecule has 5 heteroatoms. The molecule has 1 heterocycles. The Morgan fingerprint density at radius 1 is 1.00 bits per heavy atom. The maximum Gasteiger partial charge on any atom is 0.234 e. The lowest BCUT2D eigenvalue weighted by Crippen LogP contribution is -2.62. The van der Waals surface area contributed by atoms with Gasteiger partial charge in [0.15, 0.2) is 0 Å². The molecule has 1 fully saturated rings. The highest BCUT2D eigenvalue weighted by molar-refractivity contribution is 6.08. The van der Waals surface area contributed by atoms with Crippen molar-refractivity contribution in [1.29, 1.82) is 0 Å². The number of benzene rings is 2. The Kier molecular flexibility index (Phi) is 3.39. The lowest BCUT2D eigenvalue weighted by molar-refractivity contribution is -0.138. The van der Waals surface area contributed by atoms with E-state index in [1.807, 2.05) is 31.2 Å². The Morgan fingerprint density at radius 3 is 2.07 bits per heavy atom. The van der Waals surface area contributed by atoms with E-state index in [9.17, 15) is 14.4 Å². The predicted octanol–water partition coefficient (Wildman–Crippen LogP) is 2.19. The van der Waals surface area contributed by atoms with Crippen LogP contribution in [0.25, 0.3) is 0 Å². The van der Waals surface area contributed by atoms with Crippen LogP contribution in [-0.4, -0.2) is 35.7 Å². The second kappa shape index (κ2) is 5.53. The Bertz CT molecular complexity index is 996. The number of nitrogens with zero attached hydrogens (tertiary/aromatic N) is 1. The van der Waals surface area contributed by atoms with Crippen molar-refractivity contribution in [3.05, 3.63) is 70.8 Å². The predicted molar refractivity (Wildman–Crippen MR) is 104 cm³/mol. The second-order valence-electron chi connectivity index (χ2n) is 8.18. The second-order valence-corrected chi connectivity index (χ2v) is 8.18. The van der Waals surface area contributed by atoms with E-state index in [1.165, 1.54) is 11.8 Å². The highest BCUT2D eigenvalue weighted by atomic mass is 16.2. The average Bonchev–Trinajstić information content (AvgIpc) is 2.92. The van der Waals surface area contributed by atoms with Gasteiger partial charge in [-0.15, -0.1) is 0 Å². The molecular weight excluding hydrogens is 352 g/mol. The van der Waals surface area contributed by atoms with E-state index >= 15 is 0 Å². The normalized spacial score (nSPS) is 30.5. The van der Waals surface area contributed by atoms with Gasteiger partial charge in [0.2, 0.25) is 17.7 Å². The monoisotopic (exact) mass is 374 g/mol. The third-order valence-corrected chi connectivity index (χ3v) is 7.01. The van der Waals surface area contributed by atoms with Crippen molar-refractivity contribution in [3.63, 3.8) is 0 Å². The molecule has 1 saturated heterocycles. The summed E-state index contributed by atoms with van der Waals surface area (Å²) in [7, 11) is 1.58. The van der Waals surface area contributed by atoms with E-state index in [2.05, 4.69) is 29.6 Å². The minimum Gasteiger partial charge on any atom is -0.353 e. The molecule has 3 aliphatic carbocycles. The van der Waals surface area contributed by atoms with Crippen molar-refractivity contribution in [3.8, 4) is 0 Å². The van der Waals surface area contributed by atoms with Crippen LogP contribution in [0.2, 0.25) is 0 Å². The van der Waals surface area contributed by atoms with Crippen LogP contribution >= 0.6 is 0 Å². The SMILES string of the molecule is CC(=O)NC(C)C12c3ccccc3C(c3ccccc31)[C@H]1C(=O)N(C)C(=O)[C@H]12. The third kappa shape index (κ3) is 1.79. The summed E-state index contributed by atoms with van der Waals surface area (Å²) in [6.45, 7) is 3.44. The summed E-state index contributed by atoms with van der Waals surface area (Å²) in [5, 5.41) is 3.05. The number of rotatable bonds is 2. The van der Waals surface area contributed by atoms with Crippen LogP contribution < -0.4 is 5.32 Å². The van der Waals surface area contributed by atoms with Gasteiger partial charge in [0.25, 0.3) is 0 Å². The number of imide groups is 1. The molecule has 142 valence electrons. The first kappa shape index (κ1) is 17.2. The summed E-state index contributed by atoms with van der Waals surface area (Å²) in [4.78, 5) is 39.8. The van der Waals surface area contributed by atoms with E-state index in [-0.39, 0.29) is 29.7 Å². The van der Waals surface area contributed by atoms with E-state index in [1.54, 1.807) is 7.05 Å². The first-order chi connectivity index (χ1) is 13.4. The molecule has 1 unspecified atom stereocenters. The van der Waals surface area contributed by atoms with Crippen LogP contribution in [0.3, 0.4) is 0 Å². The Balaban J connectivity index is 1.91. The Hall–Kier alpha value is -2.95. The smallest absolute Gasteiger partial charge is 0.234 e. The number of amides is 3. The summed E-state index contributed by atoms with van der Waals surface area (Å²) in [6, 6.07) is 15.8. The fourth-order valence-corrected chi connectivity index (χ4v) is 6.13. The van der Waals surface area contributed by atoms with Crippen molar-refractivity contribution in [1.82, 2.24) is 10.2 Å². The quantitative estimate of drug-likeness (QED) is 0.820. The van der Waals surface area contributed by atoms with Gasteiger partial charge in [-0.2, -0.15) is 0 Å². The largest absolute Gasteiger partial charge is 0.353 e. The molecule has 2 aromatic carbocycles. The molecule has 6 rings (SSSR count). The molecule has 3 atom stereocenters. The highest BCUT2D eigenvalue weighted by Gasteiger charge is 2.69. The van der Waals surface area contributed by atoms with Gasteiger partial charge >= 0.3 is 0 Å². The number of hydrogen-bond acceptors (Lipinski definition) is 3. The van der Waals surface area contributed by atoms with Gasteiger partial charge in [-0.1, -0.05) is 48.5 Å². The van der Waals surface area contributed by atoms with Crippen molar-refractivity contribution in [2.75, 3.05) is 7.05 Å². The number of carbonyl (C=O) groups excluding carboxylic acids is 3. The van der Waals surface area contributed by atoms with E-state index in [4.69, 9.17) is 0 Å². The fourth-order valence-electron chi connectivity index (χ4n) is 6.13. The molecule has 1 N–H and O–H groups in total. The van der Waals surface area contributed by atoms with Crippen LogP contribution in [0.4, 0.5) is 0 Å². The maximum absolute atomic E-state index is 13.3. The highest BCUT2D eigenvalue weighted by Crippen LogP contribution is 2.64.